The van der Waals surface area contributed by atoms with Crippen molar-refractivity contribution >= 4 is 11.6 Å². The molecule has 0 spiro atoms. The van der Waals surface area contributed by atoms with Gasteiger partial charge in [0.15, 0.2) is 18.2 Å². The number of hydrogen-bond acceptors (Lipinski definition) is 3. The molecule has 0 bridgehead atoms. The molecule has 0 amide bonds. The van der Waals surface area contributed by atoms with E-state index in [-0.39, 0.29) is 23.6 Å². The topological polar surface area (TPSA) is 43.4 Å². The van der Waals surface area contributed by atoms with Crippen LogP contribution in [0.4, 0.5) is 0 Å². The van der Waals surface area contributed by atoms with Gasteiger partial charge in [-0.3, -0.25) is 9.59 Å². The number of ether oxygens (including phenoxy) is 1. The summed E-state index contributed by atoms with van der Waals surface area (Å²) < 4.78 is 5.50. The van der Waals surface area contributed by atoms with Gasteiger partial charge in [0.05, 0.1) is 0 Å². The van der Waals surface area contributed by atoms with Crippen molar-refractivity contribution in [2.45, 2.75) is 26.7 Å². The molecule has 0 N–H and O–H groups in total. The van der Waals surface area contributed by atoms with Crippen molar-refractivity contribution in [1.82, 2.24) is 0 Å². The number of ketones is 2. The third kappa shape index (κ3) is 3.78. The zero-order valence-electron chi connectivity index (χ0n) is 11.3. The van der Waals surface area contributed by atoms with Gasteiger partial charge in [-0.25, -0.2) is 0 Å². The molecule has 0 saturated heterocycles. The average Bonchev–Trinajstić information content (AvgIpc) is 2.34. The minimum absolute atomic E-state index is 0.0147. The van der Waals surface area contributed by atoms with Gasteiger partial charge in [-0.15, -0.1) is 0 Å². The van der Waals surface area contributed by atoms with Crippen LogP contribution in [-0.4, -0.2) is 18.2 Å². The number of allylic oxidation sites excluding steroid dienone is 2. The summed E-state index contributed by atoms with van der Waals surface area (Å²) in [6.07, 6.45) is 2.75. The van der Waals surface area contributed by atoms with Gasteiger partial charge in [-0.2, -0.15) is 0 Å². The van der Waals surface area contributed by atoms with Crippen LogP contribution in [0.3, 0.4) is 0 Å². The van der Waals surface area contributed by atoms with Crippen LogP contribution in [0.5, 0.6) is 0 Å². The average molecular weight is 258 g/mol. The maximum Gasteiger partial charge on any atom is 0.200 e. The predicted octanol–water partition coefficient (Wildman–Crippen LogP) is 3.16. The van der Waals surface area contributed by atoms with Crippen LogP contribution in [-0.2, 0) is 9.53 Å². The zero-order valence-corrected chi connectivity index (χ0v) is 11.3. The van der Waals surface area contributed by atoms with Crippen LogP contribution in [0, 0.1) is 5.41 Å². The van der Waals surface area contributed by atoms with Crippen molar-refractivity contribution in [3.63, 3.8) is 0 Å². The lowest BCUT2D eigenvalue weighted by atomic mass is 9.79. The molecule has 1 aromatic carbocycles. The summed E-state index contributed by atoms with van der Waals surface area (Å²) in [5.41, 5.74) is 0.543. The highest BCUT2D eigenvalue weighted by molar-refractivity contribution is 5.97. The van der Waals surface area contributed by atoms with Gasteiger partial charge < -0.3 is 4.74 Å². The van der Waals surface area contributed by atoms with E-state index >= 15 is 0 Å². The van der Waals surface area contributed by atoms with Crippen molar-refractivity contribution < 1.29 is 14.3 Å². The number of Topliss-reactive ketones (excluding diaryl/α,β-unsaturated/α-hetero) is 1. The van der Waals surface area contributed by atoms with E-state index in [4.69, 9.17) is 4.74 Å². The fraction of sp³-hybridized carbons (Fsp3) is 0.375. The van der Waals surface area contributed by atoms with E-state index in [0.29, 0.717) is 24.2 Å². The highest BCUT2D eigenvalue weighted by Gasteiger charge is 2.28. The van der Waals surface area contributed by atoms with Crippen LogP contribution in [0.15, 0.2) is 42.2 Å². The fourth-order valence-corrected chi connectivity index (χ4v) is 2.25. The predicted molar refractivity (Wildman–Crippen MR) is 72.8 cm³/mol. The first-order valence-corrected chi connectivity index (χ1v) is 6.41. The Hall–Kier alpha value is -1.90. The summed E-state index contributed by atoms with van der Waals surface area (Å²) in [5, 5.41) is 0. The molecule has 3 heteroatoms. The van der Waals surface area contributed by atoms with E-state index in [1.165, 1.54) is 6.08 Å². The summed E-state index contributed by atoms with van der Waals surface area (Å²) in [4.78, 5) is 23.5. The number of carbonyl (C=O) groups excluding carboxylic acids is 2. The van der Waals surface area contributed by atoms with E-state index in [9.17, 15) is 9.59 Å². The molecular formula is C16H18O3. The standard InChI is InChI=1S/C16H18O3/c1-16(2)9-13(17)8-14(10-16)19-11-15(18)12-6-4-3-5-7-12/h3-8H,9-11H2,1-2H3. The highest BCUT2D eigenvalue weighted by Crippen LogP contribution is 2.33. The van der Waals surface area contributed by atoms with Crippen molar-refractivity contribution in [2.24, 2.45) is 5.41 Å². The van der Waals surface area contributed by atoms with E-state index in [0.717, 1.165) is 0 Å². The summed E-state index contributed by atoms with van der Waals surface area (Å²) in [5.74, 6) is 0.612. The summed E-state index contributed by atoms with van der Waals surface area (Å²) in [6.45, 7) is 4.04. The minimum atomic E-state index is -0.0863. The quantitative estimate of drug-likeness (QED) is 0.779. The summed E-state index contributed by atoms with van der Waals surface area (Å²) in [6, 6.07) is 9.02. The number of carbonyl (C=O) groups is 2. The summed E-state index contributed by atoms with van der Waals surface area (Å²) in [7, 11) is 0. The Balaban J connectivity index is 1.96. The molecule has 2 rings (SSSR count). The normalized spacial score (nSPS) is 17.8. The first-order valence-electron chi connectivity index (χ1n) is 6.41. The van der Waals surface area contributed by atoms with Crippen LogP contribution in [0.1, 0.15) is 37.0 Å². The molecule has 0 aromatic heterocycles. The molecule has 0 heterocycles. The second-order valence-corrected chi connectivity index (χ2v) is 5.67. The Labute approximate surface area is 113 Å². The first kappa shape index (κ1) is 13.5. The van der Waals surface area contributed by atoms with Crippen LogP contribution < -0.4 is 0 Å². The fourth-order valence-electron chi connectivity index (χ4n) is 2.25. The molecule has 0 aliphatic heterocycles. The maximum atomic E-state index is 11.9. The third-order valence-electron chi connectivity index (χ3n) is 3.11. The maximum absolute atomic E-state index is 11.9. The van der Waals surface area contributed by atoms with Crippen molar-refractivity contribution in [2.75, 3.05) is 6.61 Å². The van der Waals surface area contributed by atoms with Gasteiger partial charge in [-0.1, -0.05) is 44.2 Å². The molecule has 1 aliphatic rings. The zero-order chi connectivity index (χ0) is 13.9. The van der Waals surface area contributed by atoms with E-state index in [1.807, 2.05) is 32.0 Å². The molecule has 0 atom stereocenters. The molecule has 19 heavy (non-hydrogen) atoms. The summed E-state index contributed by atoms with van der Waals surface area (Å²) >= 11 is 0. The van der Waals surface area contributed by atoms with Crippen molar-refractivity contribution in [3.8, 4) is 0 Å². The minimum Gasteiger partial charge on any atom is -0.490 e. The highest BCUT2D eigenvalue weighted by atomic mass is 16.5. The Morgan fingerprint density at radius 3 is 2.53 bits per heavy atom. The molecule has 0 fully saturated rings. The van der Waals surface area contributed by atoms with E-state index in [2.05, 4.69) is 0 Å². The first-order chi connectivity index (χ1) is 8.96. The van der Waals surface area contributed by atoms with Crippen LogP contribution in [0.2, 0.25) is 0 Å². The monoisotopic (exact) mass is 258 g/mol. The Bertz CT molecular complexity index is 512. The van der Waals surface area contributed by atoms with Gasteiger partial charge in [-0.05, 0) is 5.41 Å². The molecular weight excluding hydrogens is 240 g/mol. The molecule has 0 radical (unpaired) electrons. The van der Waals surface area contributed by atoms with Gasteiger partial charge in [0, 0.05) is 24.5 Å². The Morgan fingerprint density at radius 1 is 1.21 bits per heavy atom. The Morgan fingerprint density at radius 2 is 1.89 bits per heavy atom. The van der Waals surface area contributed by atoms with E-state index < -0.39 is 0 Å². The SMILES string of the molecule is CC1(C)CC(=O)C=C(OCC(=O)c2ccccc2)C1. The van der Waals surface area contributed by atoms with Crippen LogP contribution in [0.25, 0.3) is 0 Å². The lowest BCUT2D eigenvalue weighted by Gasteiger charge is -2.28. The second-order valence-electron chi connectivity index (χ2n) is 5.67. The second kappa shape index (κ2) is 5.39. The molecule has 0 saturated carbocycles. The molecule has 100 valence electrons. The largest absolute Gasteiger partial charge is 0.490 e. The molecule has 1 aromatic rings. The molecule has 3 nitrogen and oxygen atoms in total. The Kier molecular flexibility index (Phi) is 3.84. The van der Waals surface area contributed by atoms with Gasteiger partial charge in [0.25, 0.3) is 0 Å². The molecule has 1 aliphatic carbocycles. The number of hydrogen-bond donors (Lipinski definition) is 0. The van der Waals surface area contributed by atoms with Gasteiger partial charge in [0.1, 0.15) is 5.76 Å². The van der Waals surface area contributed by atoms with Crippen LogP contribution >= 0.6 is 0 Å². The van der Waals surface area contributed by atoms with Gasteiger partial charge >= 0.3 is 0 Å². The van der Waals surface area contributed by atoms with Crippen molar-refractivity contribution in [1.29, 1.82) is 0 Å². The lowest BCUT2D eigenvalue weighted by molar-refractivity contribution is -0.117. The van der Waals surface area contributed by atoms with Crippen molar-refractivity contribution in [3.05, 3.63) is 47.7 Å². The third-order valence-corrected chi connectivity index (χ3v) is 3.11. The van der Waals surface area contributed by atoms with E-state index in [1.54, 1.807) is 12.1 Å². The molecule has 0 unspecified atom stereocenters. The number of rotatable bonds is 4. The smallest absolute Gasteiger partial charge is 0.200 e. The number of benzene rings is 1. The van der Waals surface area contributed by atoms with Gasteiger partial charge in [0.2, 0.25) is 0 Å². The lowest BCUT2D eigenvalue weighted by Crippen LogP contribution is -2.23.